The van der Waals surface area contributed by atoms with Gasteiger partial charge in [-0.25, -0.2) is 9.37 Å². The highest BCUT2D eigenvalue weighted by Crippen LogP contribution is 2.18. The number of halogens is 3. The molecular formula is C6H2Cl2FNO. The Morgan fingerprint density at radius 2 is 2.09 bits per heavy atom. The number of carbonyl (C=O) groups is 1. The Hall–Kier alpha value is -0.670. The number of aromatic nitrogens is 1. The average molecular weight is 194 g/mol. The van der Waals surface area contributed by atoms with Crippen LogP contribution in [0.5, 0.6) is 0 Å². The maximum atomic E-state index is 12.5. The minimum Gasteiger partial charge on any atom is -0.298 e. The molecule has 0 saturated heterocycles. The van der Waals surface area contributed by atoms with Gasteiger partial charge in [0.05, 0.1) is 5.56 Å². The largest absolute Gasteiger partial charge is 0.298 e. The number of hydrogen-bond acceptors (Lipinski definition) is 2. The summed E-state index contributed by atoms with van der Waals surface area (Å²) in [6, 6.07) is 0.935. The van der Waals surface area contributed by atoms with Gasteiger partial charge in [-0.05, 0) is 6.07 Å². The molecule has 0 fully saturated rings. The normalized spacial score (nSPS) is 9.73. The van der Waals surface area contributed by atoms with E-state index in [0.717, 1.165) is 6.07 Å². The first kappa shape index (κ1) is 8.43. The van der Waals surface area contributed by atoms with Gasteiger partial charge in [-0.3, -0.25) is 4.79 Å². The van der Waals surface area contributed by atoms with Crippen molar-refractivity contribution in [3.8, 4) is 0 Å². The molecule has 0 spiro atoms. The van der Waals surface area contributed by atoms with Crippen molar-refractivity contribution in [1.82, 2.24) is 4.98 Å². The van der Waals surface area contributed by atoms with Gasteiger partial charge in [0.1, 0.15) is 5.15 Å². The first-order valence-corrected chi connectivity index (χ1v) is 3.37. The van der Waals surface area contributed by atoms with Crippen LogP contribution in [0.3, 0.4) is 0 Å². The first-order valence-electron chi connectivity index (χ1n) is 2.62. The van der Waals surface area contributed by atoms with Gasteiger partial charge in [0.25, 0.3) is 0 Å². The number of rotatable bonds is 1. The molecule has 0 atom stereocenters. The fraction of sp³-hybridized carbons (Fsp3) is 0. The van der Waals surface area contributed by atoms with Gasteiger partial charge in [0.2, 0.25) is 0 Å². The third-order valence-electron chi connectivity index (χ3n) is 1.04. The van der Waals surface area contributed by atoms with Crippen LogP contribution in [-0.2, 0) is 0 Å². The molecule has 0 saturated carbocycles. The van der Waals surface area contributed by atoms with Gasteiger partial charge in [-0.2, -0.15) is 0 Å². The summed E-state index contributed by atoms with van der Waals surface area (Å²) in [6.45, 7) is 0. The second kappa shape index (κ2) is 3.15. The molecule has 1 rings (SSSR count). The molecule has 11 heavy (non-hydrogen) atoms. The molecule has 1 heterocycles. The monoisotopic (exact) mass is 193 g/mol. The number of pyridine rings is 1. The summed E-state index contributed by atoms with van der Waals surface area (Å²) < 4.78 is 12.5. The van der Waals surface area contributed by atoms with E-state index in [1.807, 2.05) is 0 Å². The van der Waals surface area contributed by atoms with E-state index in [4.69, 9.17) is 23.2 Å². The Labute approximate surface area is 71.9 Å². The molecule has 0 amide bonds. The van der Waals surface area contributed by atoms with Crippen molar-refractivity contribution in [1.29, 1.82) is 0 Å². The Bertz CT molecular complexity index is 303. The Kier molecular flexibility index (Phi) is 2.42. The van der Waals surface area contributed by atoms with Crippen molar-refractivity contribution >= 4 is 29.5 Å². The highest BCUT2D eigenvalue weighted by atomic mass is 35.5. The zero-order chi connectivity index (χ0) is 8.43. The van der Waals surface area contributed by atoms with E-state index >= 15 is 0 Å². The van der Waals surface area contributed by atoms with Crippen LogP contribution in [0, 0.1) is 5.82 Å². The first-order chi connectivity index (χ1) is 5.15. The number of hydrogen-bond donors (Lipinski definition) is 0. The summed E-state index contributed by atoms with van der Waals surface area (Å²) in [5.74, 6) is -0.752. The molecule has 2 nitrogen and oxygen atoms in total. The summed E-state index contributed by atoms with van der Waals surface area (Å²) in [4.78, 5) is 13.5. The lowest BCUT2D eigenvalue weighted by Gasteiger charge is -1.96. The number of nitrogens with zero attached hydrogens (tertiary/aromatic N) is 1. The molecule has 0 radical (unpaired) electrons. The summed E-state index contributed by atoms with van der Waals surface area (Å²) in [5, 5.41) is -0.424. The van der Waals surface area contributed by atoms with Crippen LogP contribution < -0.4 is 0 Å². The third-order valence-corrected chi connectivity index (χ3v) is 1.61. The van der Waals surface area contributed by atoms with E-state index < -0.39 is 5.82 Å². The standard InChI is InChI=1S/C6H2Cl2FNO/c7-5-3(2-11)1-4(9)6(8)10-5/h1-2H. The maximum Gasteiger partial charge on any atom is 0.166 e. The minimum absolute atomic E-state index is 0.00596. The SMILES string of the molecule is O=Cc1cc(F)c(Cl)nc1Cl. The molecule has 0 aromatic carbocycles. The lowest BCUT2D eigenvalue weighted by Crippen LogP contribution is -1.90. The van der Waals surface area contributed by atoms with Gasteiger partial charge in [0, 0.05) is 0 Å². The van der Waals surface area contributed by atoms with Crippen molar-refractivity contribution in [2.24, 2.45) is 0 Å². The van der Waals surface area contributed by atoms with Crippen LogP contribution in [0.15, 0.2) is 6.07 Å². The fourth-order valence-corrected chi connectivity index (χ4v) is 0.908. The topological polar surface area (TPSA) is 30.0 Å². The molecule has 1 aromatic heterocycles. The summed E-state index contributed by atoms with van der Waals surface area (Å²) in [7, 11) is 0. The second-order valence-corrected chi connectivity index (χ2v) is 2.47. The van der Waals surface area contributed by atoms with Crippen LogP contribution in [0.25, 0.3) is 0 Å². The summed E-state index contributed by atoms with van der Waals surface area (Å²) >= 11 is 10.7. The zero-order valence-electron chi connectivity index (χ0n) is 5.14. The fourth-order valence-electron chi connectivity index (χ4n) is 0.542. The molecule has 58 valence electrons. The lowest BCUT2D eigenvalue weighted by atomic mass is 10.3. The lowest BCUT2D eigenvalue weighted by molar-refractivity contribution is 0.112. The van der Waals surface area contributed by atoms with Crippen molar-refractivity contribution in [2.75, 3.05) is 0 Å². The van der Waals surface area contributed by atoms with Crippen LogP contribution in [0.1, 0.15) is 10.4 Å². The molecule has 0 unspecified atom stereocenters. The molecule has 0 aliphatic rings. The van der Waals surface area contributed by atoms with Crippen LogP contribution >= 0.6 is 23.2 Å². The average Bonchev–Trinajstić information content (AvgIpc) is 1.97. The van der Waals surface area contributed by atoms with E-state index in [-0.39, 0.29) is 15.9 Å². The van der Waals surface area contributed by atoms with Crippen molar-refractivity contribution in [2.45, 2.75) is 0 Å². The Morgan fingerprint density at radius 1 is 1.45 bits per heavy atom. The quantitative estimate of drug-likeness (QED) is 0.507. The molecular weight excluding hydrogens is 192 g/mol. The van der Waals surface area contributed by atoms with Crippen LogP contribution in [0.2, 0.25) is 10.3 Å². The van der Waals surface area contributed by atoms with Crippen molar-refractivity contribution in [3.05, 3.63) is 27.8 Å². The van der Waals surface area contributed by atoms with E-state index in [9.17, 15) is 9.18 Å². The third kappa shape index (κ3) is 1.67. The molecule has 0 bridgehead atoms. The molecule has 1 aromatic rings. The smallest absolute Gasteiger partial charge is 0.166 e. The van der Waals surface area contributed by atoms with E-state index in [2.05, 4.69) is 4.98 Å². The van der Waals surface area contributed by atoms with Gasteiger partial charge in [-0.15, -0.1) is 0 Å². The molecule has 5 heteroatoms. The second-order valence-electron chi connectivity index (χ2n) is 1.76. The highest BCUT2D eigenvalue weighted by molar-refractivity contribution is 6.34. The van der Waals surface area contributed by atoms with Gasteiger partial charge >= 0.3 is 0 Å². The number of aldehydes is 1. The van der Waals surface area contributed by atoms with E-state index in [1.165, 1.54) is 0 Å². The van der Waals surface area contributed by atoms with E-state index in [1.54, 1.807) is 0 Å². The maximum absolute atomic E-state index is 12.5. The van der Waals surface area contributed by atoms with Crippen molar-refractivity contribution < 1.29 is 9.18 Å². The zero-order valence-corrected chi connectivity index (χ0v) is 6.66. The van der Waals surface area contributed by atoms with Crippen molar-refractivity contribution in [3.63, 3.8) is 0 Å². The summed E-state index contributed by atoms with van der Waals surface area (Å²) in [6.07, 6.45) is 0.411. The van der Waals surface area contributed by atoms with Crippen LogP contribution in [-0.4, -0.2) is 11.3 Å². The van der Waals surface area contributed by atoms with E-state index in [0.29, 0.717) is 6.29 Å². The van der Waals surface area contributed by atoms with Gasteiger partial charge < -0.3 is 0 Å². The molecule has 0 aliphatic carbocycles. The predicted octanol–water partition coefficient (Wildman–Crippen LogP) is 2.34. The highest BCUT2D eigenvalue weighted by Gasteiger charge is 2.06. The number of carbonyl (C=O) groups excluding carboxylic acids is 1. The van der Waals surface area contributed by atoms with Gasteiger partial charge in [-0.1, -0.05) is 23.2 Å². The van der Waals surface area contributed by atoms with Crippen LogP contribution in [0.4, 0.5) is 4.39 Å². The van der Waals surface area contributed by atoms with Gasteiger partial charge in [0.15, 0.2) is 17.3 Å². The Balaban J connectivity index is 3.31. The molecule has 0 aliphatic heterocycles. The Morgan fingerprint density at radius 3 is 2.64 bits per heavy atom. The minimum atomic E-state index is -0.752. The predicted molar refractivity (Wildman–Crippen MR) is 39.6 cm³/mol. The molecule has 0 N–H and O–H groups in total. The summed E-state index contributed by atoms with van der Waals surface area (Å²) in [5.41, 5.74) is -0.00596.